The molecule has 1 heterocycles. The third-order valence-corrected chi connectivity index (χ3v) is 4.12. The predicted octanol–water partition coefficient (Wildman–Crippen LogP) is 3.85. The van der Waals surface area contributed by atoms with E-state index in [-0.39, 0.29) is 6.04 Å². The predicted molar refractivity (Wildman–Crippen MR) is 81.4 cm³/mol. The summed E-state index contributed by atoms with van der Waals surface area (Å²) in [5.74, 6) is 0. The summed E-state index contributed by atoms with van der Waals surface area (Å²) in [6.45, 7) is 2.02. The lowest BCUT2D eigenvalue weighted by Gasteiger charge is -2.11. The fraction of sp³-hybridized carbons (Fsp3) is 0.188. The van der Waals surface area contributed by atoms with Gasteiger partial charge >= 0.3 is 0 Å². The normalized spacial score (nSPS) is 12.7. The van der Waals surface area contributed by atoms with Gasteiger partial charge in [-0.2, -0.15) is 0 Å². The van der Waals surface area contributed by atoms with Crippen molar-refractivity contribution in [3.05, 3.63) is 64.1 Å². The van der Waals surface area contributed by atoms with E-state index in [0.29, 0.717) is 0 Å². The van der Waals surface area contributed by atoms with Crippen LogP contribution in [0.15, 0.2) is 47.8 Å². The average molecular weight is 268 g/mol. The summed E-state index contributed by atoms with van der Waals surface area (Å²) in [4.78, 5) is 4.48. The largest absolute Gasteiger partial charge is 0.324 e. The van der Waals surface area contributed by atoms with E-state index in [9.17, 15) is 0 Å². The van der Waals surface area contributed by atoms with Crippen molar-refractivity contribution < 1.29 is 0 Å². The molecule has 0 saturated heterocycles. The first kappa shape index (κ1) is 12.3. The second-order valence-corrected chi connectivity index (χ2v) is 5.84. The molecule has 0 aliphatic heterocycles. The van der Waals surface area contributed by atoms with Gasteiger partial charge in [0.2, 0.25) is 0 Å². The molecule has 0 aliphatic carbocycles. The van der Waals surface area contributed by atoms with Gasteiger partial charge in [-0.15, -0.1) is 11.3 Å². The van der Waals surface area contributed by atoms with E-state index in [1.807, 2.05) is 6.92 Å². The number of hydrogen-bond acceptors (Lipinski definition) is 3. The Balaban J connectivity index is 1.86. The first-order chi connectivity index (χ1) is 9.22. The first-order valence-electron chi connectivity index (χ1n) is 6.37. The van der Waals surface area contributed by atoms with E-state index < -0.39 is 0 Å². The molecule has 0 fully saturated rings. The standard InChI is InChI=1S/C16H16N2S/c1-11-18-15(10-19-11)9-16(17)14-7-6-12-4-2-3-5-13(12)8-14/h2-8,10,16H,9,17H2,1H3. The lowest BCUT2D eigenvalue weighted by molar-refractivity contribution is 0.710. The highest BCUT2D eigenvalue weighted by Crippen LogP contribution is 2.22. The monoisotopic (exact) mass is 268 g/mol. The van der Waals surface area contributed by atoms with E-state index in [4.69, 9.17) is 5.73 Å². The third kappa shape index (κ3) is 2.67. The zero-order valence-corrected chi connectivity index (χ0v) is 11.7. The van der Waals surface area contributed by atoms with Crippen LogP contribution in [-0.2, 0) is 6.42 Å². The molecule has 0 radical (unpaired) electrons. The molecule has 0 aliphatic rings. The Hall–Kier alpha value is -1.71. The van der Waals surface area contributed by atoms with Crippen LogP contribution in [0.3, 0.4) is 0 Å². The Morgan fingerprint density at radius 2 is 1.95 bits per heavy atom. The quantitative estimate of drug-likeness (QED) is 0.783. The molecule has 0 amide bonds. The highest BCUT2D eigenvalue weighted by atomic mass is 32.1. The summed E-state index contributed by atoms with van der Waals surface area (Å²) < 4.78 is 0. The van der Waals surface area contributed by atoms with Crippen LogP contribution in [-0.4, -0.2) is 4.98 Å². The number of hydrogen-bond donors (Lipinski definition) is 1. The minimum Gasteiger partial charge on any atom is -0.324 e. The molecule has 1 atom stereocenters. The van der Waals surface area contributed by atoms with Crippen molar-refractivity contribution in [1.29, 1.82) is 0 Å². The van der Waals surface area contributed by atoms with Gasteiger partial charge in [0.25, 0.3) is 0 Å². The summed E-state index contributed by atoms with van der Waals surface area (Å²) in [6, 6.07) is 14.8. The lowest BCUT2D eigenvalue weighted by atomic mass is 9.99. The minimum absolute atomic E-state index is 0.00565. The van der Waals surface area contributed by atoms with Crippen LogP contribution in [0.25, 0.3) is 10.8 Å². The number of aryl methyl sites for hydroxylation is 1. The van der Waals surface area contributed by atoms with Crippen molar-refractivity contribution in [1.82, 2.24) is 4.98 Å². The van der Waals surface area contributed by atoms with Gasteiger partial charge in [0.05, 0.1) is 10.7 Å². The van der Waals surface area contributed by atoms with Crippen molar-refractivity contribution in [3.63, 3.8) is 0 Å². The molecule has 19 heavy (non-hydrogen) atoms. The molecular weight excluding hydrogens is 252 g/mol. The van der Waals surface area contributed by atoms with Crippen molar-refractivity contribution in [3.8, 4) is 0 Å². The molecule has 3 rings (SSSR count). The molecule has 2 N–H and O–H groups in total. The molecule has 0 saturated carbocycles. The van der Waals surface area contributed by atoms with Gasteiger partial charge in [0, 0.05) is 17.8 Å². The highest BCUT2D eigenvalue weighted by Gasteiger charge is 2.09. The maximum Gasteiger partial charge on any atom is 0.0897 e. The molecule has 1 aromatic heterocycles. The molecule has 3 heteroatoms. The SMILES string of the molecule is Cc1nc(CC(N)c2ccc3ccccc3c2)cs1. The number of nitrogens with two attached hydrogens (primary N) is 1. The van der Waals surface area contributed by atoms with Crippen LogP contribution in [0.4, 0.5) is 0 Å². The van der Waals surface area contributed by atoms with Crippen molar-refractivity contribution in [2.45, 2.75) is 19.4 Å². The maximum atomic E-state index is 6.29. The first-order valence-corrected chi connectivity index (χ1v) is 7.25. The second-order valence-electron chi connectivity index (χ2n) is 4.78. The summed E-state index contributed by atoms with van der Waals surface area (Å²) >= 11 is 1.68. The lowest BCUT2D eigenvalue weighted by Crippen LogP contribution is -2.13. The Morgan fingerprint density at radius 1 is 1.16 bits per heavy atom. The fourth-order valence-electron chi connectivity index (χ4n) is 2.28. The number of nitrogens with zero attached hydrogens (tertiary/aromatic N) is 1. The van der Waals surface area contributed by atoms with Gasteiger partial charge in [-0.3, -0.25) is 0 Å². The van der Waals surface area contributed by atoms with Crippen molar-refractivity contribution in [2.24, 2.45) is 5.73 Å². The number of benzene rings is 2. The average Bonchev–Trinajstić information content (AvgIpc) is 2.83. The van der Waals surface area contributed by atoms with Crippen LogP contribution in [0.1, 0.15) is 22.3 Å². The number of rotatable bonds is 3. The molecule has 3 aromatic rings. The summed E-state index contributed by atoms with van der Waals surface area (Å²) in [7, 11) is 0. The molecule has 2 nitrogen and oxygen atoms in total. The molecule has 0 bridgehead atoms. The van der Waals surface area contributed by atoms with Gasteiger partial charge in [0.1, 0.15) is 0 Å². The Labute approximate surface area is 116 Å². The fourth-order valence-corrected chi connectivity index (χ4v) is 2.91. The molecule has 96 valence electrons. The van der Waals surface area contributed by atoms with Gasteiger partial charge in [-0.1, -0.05) is 36.4 Å². The minimum atomic E-state index is 0.00565. The van der Waals surface area contributed by atoms with Gasteiger partial charge < -0.3 is 5.73 Å². The van der Waals surface area contributed by atoms with Crippen LogP contribution in [0.2, 0.25) is 0 Å². The highest BCUT2D eigenvalue weighted by molar-refractivity contribution is 7.09. The Kier molecular flexibility index (Phi) is 3.32. The molecule has 2 aromatic carbocycles. The number of aromatic nitrogens is 1. The topological polar surface area (TPSA) is 38.9 Å². The smallest absolute Gasteiger partial charge is 0.0897 e. The van der Waals surface area contributed by atoms with Crippen LogP contribution < -0.4 is 5.73 Å². The van der Waals surface area contributed by atoms with E-state index in [2.05, 4.69) is 52.8 Å². The molecular formula is C16H16N2S. The van der Waals surface area contributed by atoms with Gasteiger partial charge in [-0.05, 0) is 29.3 Å². The summed E-state index contributed by atoms with van der Waals surface area (Å²) in [5.41, 5.74) is 8.55. The molecule has 1 unspecified atom stereocenters. The van der Waals surface area contributed by atoms with E-state index >= 15 is 0 Å². The molecule has 0 spiro atoms. The van der Waals surface area contributed by atoms with Crippen molar-refractivity contribution >= 4 is 22.1 Å². The van der Waals surface area contributed by atoms with E-state index in [1.165, 1.54) is 16.3 Å². The number of fused-ring (bicyclic) bond motifs is 1. The van der Waals surface area contributed by atoms with Gasteiger partial charge in [-0.25, -0.2) is 4.98 Å². The zero-order valence-electron chi connectivity index (χ0n) is 10.8. The second kappa shape index (κ2) is 5.11. The van der Waals surface area contributed by atoms with Crippen LogP contribution in [0.5, 0.6) is 0 Å². The van der Waals surface area contributed by atoms with Gasteiger partial charge in [0.15, 0.2) is 0 Å². The Morgan fingerprint density at radius 3 is 2.68 bits per heavy atom. The van der Waals surface area contributed by atoms with E-state index in [0.717, 1.165) is 17.1 Å². The van der Waals surface area contributed by atoms with Crippen LogP contribution >= 0.6 is 11.3 Å². The van der Waals surface area contributed by atoms with E-state index in [1.54, 1.807) is 11.3 Å². The van der Waals surface area contributed by atoms with Crippen molar-refractivity contribution in [2.75, 3.05) is 0 Å². The Bertz CT molecular complexity index is 703. The summed E-state index contributed by atoms with van der Waals surface area (Å²) in [6.07, 6.45) is 0.794. The zero-order chi connectivity index (χ0) is 13.2. The number of thiazole rings is 1. The third-order valence-electron chi connectivity index (χ3n) is 3.30. The maximum absolute atomic E-state index is 6.29. The summed E-state index contributed by atoms with van der Waals surface area (Å²) in [5, 5.41) is 5.68. The van der Waals surface area contributed by atoms with Crippen LogP contribution in [0, 0.1) is 6.92 Å².